The first kappa shape index (κ1) is 41.4. The Morgan fingerprint density at radius 3 is 1.94 bits per heavy atom. The molecule has 0 bridgehead atoms. The van der Waals surface area contributed by atoms with E-state index in [1.54, 1.807) is 114 Å². The Bertz CT molecular complexity index is 1550. The van der Waals surface area contributed by atoms with Crippen LogP contribution >= 0.6 is 0 Å². The van der Waals surface area contributed by atoms with Gasteiger partial charge in [-0.15, -0.1) is 0 Å². The number of carbonyl (C=O) groups is 6. The second kappa shape index (κ2) is 16.7. The van der Waals surface area contributed by atoms with Gasteiger partial charge >= 0.3 is 24.2 Å². The maximum absolute atomic E-state index is 13.3. The molecule has 2 rings (SSSR count). The van der Waals surface area contributed by atoms with Gasteiger partial charge in [-0.25, -0.2) is 19.2 Å². The third kappa shape index (κ3) is 13.6. The molecule has 1 aromatic carbocycles. The van der Waals surface area contributed by atoms with E-state index in [2.05, 4.69) is 21.3 Å². The molecule has 4 N–H and O–H groups in total. The smallest absolute Gasteiger partial charge is 0.419 e. The Morgan fingerprint density at radius 1 is 0.780 bits per heavy atom. The Balaban J connectivity index is 2.08. The molecule has 0 aliphatic carbocycles. The van der Waals surface area contributed by atoms with Crippen LogP contribution in [0, 0.1) is 0 Å². The van der Waals surface area contributed by atoms with E-state index in [-0.39, 0.29) is 13.0 Å². The summed E-state index contributed by atoms with van der Waals surface area (Å²) in [6, 6.07) is 4.14. The number of likely N-dealkylation sites (N-methyl/N-ethyl adjacent to an activating group) is 1. The molecule has 0 radical (unpaired) electrons. The van der Waals surface area contributed by atoms with E-state index in [0.717, 1.165) is 0 Å². The van der Waals surface area contributed by atoms with Gasteiger partial charge in [-0.3, -0.25) is 14.2 Å². The molecular weight excluding hydrogens is 648 g/mol. The van der Waals surface area contributed by atoms with Gasteiger partial charge in [-0.1, -0.05) is 18.2 Å². The molecule has 5 amide bonds. The molecule has 3 atom stereocenters. The van der Waals surface area contributed by atoms with Gasteiger partial charge in [-0.05, 0) is 87.8 Å². The van der Waals surface area contributed by atoms with Gasteiger partial charge in [0, 0.05) is 37.1 Å². The summed E-state index contributed by atoms with van der Waals surface area (Å²) in [6.07, 6.45) is 0.227. The van der Waals surface area contributed by atoms with Crippen LogP contribution < -0.4 is 21.3 Å². The van der Waals surface area contributed by atoms with Crippen LogP contribution in [0.4, 0.5) is 14.4 Å². The minimum Gasteiger partial charge on any atom is -0.458 e. The summed E-state index contributed by atoms with van der Waals surface area (Å²) in [7, 11) is 1.54. The topological polar surface area (TPSA) is 186 Å². The van der Waals surface area contributed by atoms with Crippen molar-refractivity contribution in [3.63, 3.8) is 0 Å². The summed E-state index contributed by atoms with van der Waals surface area (Å²) < 4.78 is 17.6. The van der Waals surface area contributed by atoms with Crippen LogP contribution in [0.15, 0.2) is 30.5 Å². The number of carbonyl (C=O) groups excluding carboxylic acids is 6. The number of para-hydroxylation sites is 1. The van der Waals surface area contributed by atoms with Gasteiger partial charge in [0.25, 0.3) is 0 Å². The minimum atomic E-state index is -1.18. The number of nitrogens with zero attached hydrogens (tertiary/aromatic N) is 2. The Kier molecular flexibility index (Phi) is 13.8. The molecule has 50 heavy (non-hydrogen) atoms. The molecule has 0 saturated carbocycles. The van der Waals surface area contributed by atoms with E-state index in [4.69, 9.17) is 14.2 Å². The lowest BCUT2D eigenvalue weighted by Crippen LogP contribution is -2.54. The molecule has 1 heterocycles. The van der Waals surface area contributed by atoms with E-state index in [9.17, 15) is 28.8 Å². The first-order chi connectivity index (χ1) is 22.9. The van der Waals surface area contributed by atoms with Crippen molar-refractivity contribution in [2.75, 3.05) is 20.1 Å². The van der Waals surface area contributed by atoms with E-state index >= 15 is 0 Å². The van der Waals surface area contributed by atoms with Crippen molar-refractivity contribution in [2.24, 2.45) is 0 Å². The number of aromatic nitrogens is 1. The summed E-state index contributed by atoms with van der Waals surface area (Å²) in [5, 5.41) is 10.9. The maximum Gasteiger partial charge on any atom is 0.419 e. The number of hydrogen-bond donors (Lipinski definition) is 4. The van der Waals surface area contributed by atoms with Gasteiger partial charge in [0.05, 0.1) is 12.1 Å². The van der Waals surface area contributed by atoms with Gasteiger partial charge in [0.2, 0.25) is 11.8 Å². The average Bonchev–Trinajstić information content (AvgIpc) is 3.33. The fourth-order valence-electron chi connectivity index (χ4n) is 4.61. The van der Waals surface area contributed by atoms with Crippen molar-refractivity contribution < 1.29 is 43.0 Å². The van der Waals surface area contributed by atoms with Gasteiger partial charge in [0.15, 0.2) is 0 Å². The number of alkyl carbamates (subject to hydrolysis) is 1. The van der Waals surface area contributed by atoms with Crippen molar-refractivity contribution >= 4 is 46.9 Å². The SMILES string of the molecule is CC(NC(=O)CNC(=O)NC(Cc1cn(C(=O)OC(C)(C)C)c2ccccc12)C(=O)OC(C)(C)C)[C@H](C)N(C)C(=O)CNC(=O)OC(C)(C)C. The number of urea groups is 1. The number of hydrogen-bond acceptors (Lipinski definition) is 9. The fraction of sp³-hybridized carbons (Fsp3) is 0.600. The molecule has 15 heteroatoms. The van der Waals surface area contributed by atoms with E-state index in [0.29, 0.717) is 16.5 Å². The molecular formula is C35H54N6O9. The van der Waals surface area contributed by atoms with E-state index < -0.39 is 77.5 Å². The van der Waals surface area contributed by atoms with E-state index in [1.807, 2.05) is 0 Å². The summed E-state index contributed by atoms with van der Waals surface area (Å²) in [5.41, 5.74) is -1.15. The standard InChI is InChI=1S/C35H54N6O9/c1-21(22(2)40(12)28(43)19-37-31(46)49-34(6,7)8)38-27(42)18-36-30(45)39-25(29(44)48-33(3,4)5)17-23-20-41(32(47)50-35(9,10)11)26-16-14-13-15-24(23)26/h13-16,20-22,25H,17-19H2,1-12H3,(H,37,46)(H,38,42)(H2,36,39,45)/t21?,22-,25?/m0/s1. The molecule has 2 aromatic rings. The fourth-order valence-corrected chi connectivity index (χ4v) is 4.61. The summed E-state index contributed by atoms with van der Waals surface area (Å²) >= 11 is 0. The lowest BCUT2D eigenvalue weighted by atomic mass is 10.0. The molecule has 0 aliphatic rings. The quantitative estimate of drug-likeness (QED) is 0.199. The summed E-state index contributed by atoms with van der Waals surface area (Å²) in [6.45, 7) is 18.2. The highest BCUT2D eigenvalue weighted by Crippen LogP contribution is 2.25. The first-order valence-electron chi connectivity index (χ1n) is 16.5. The number of amides is 5. The van der Waals surface area contributed by atoms with Crippen molar-refractivity contribution in [3.05, 3.63) is 36.0 Å². The monoisotopic (exact) mass is 702 g/mol. The molecule has 0 saturated heterocycles. The highest BCUT2D eigenvalue weighted by Gasteiger charge is 2.30. The van der Waals surface area contributed by atoms with Crippen molar-refractivity contribution in [2.45, 2.75) is 118 Å². The predicted octanol–water partition coefficient (Wildman–Crippen LogP) is 3.85. The Hall–Kier alpha value is -4.82. The summed E-state index contributed by atoms with van der Waals surface area (Å²) in [5.74, 6) is -1.65. The van der Waals surface area contributed by atoms with E-state index in [1.165, 1.54) is 9.47 Å². The van der Waals surface area contributed by atoms with Crippen LogP contribution in [0.5, 0.6) is 0 Å². The van der Waals surface area contributed by atoms with Crippen molar-refractivity contribution in [1.82, 2.24) is 30.7 Å². The van der Waals surface area contributed by atoms with Crippen molar-refractivity contribution in [3.8, 4) is 0 Å². The highest BCUT2D eigenvalue weighted by molar-refractivity contribution is 5.93. The second-order valence-electron chi connectivity index (χ2n) is 15.1. The third-order valence-corrected chi connectivity index (χ3v) is 7.11. The molecule has 0 aliphatic heterocycles. The van der Waals surface area contributed by atoms with Crippen LogP contribution in [0.3, 0.4) is 0 Å². The largest absolute Gasteiger partial charge is 0.458 e. The van der Waals surface area contributed by atoms with Crippen LogP contribution in [-0.4, -0.2) is 101 Å². The number of rotatable bonds is 11. The van der Waals surface area contributed by atoms with Crippen molar-refractivity contribution in [1.29, 1.82) is 0 Å². The normalized spacial score (nSPS) is 13.7. The first-order valence-corrected chi connectivity index (χ1v) is 16.5. The Labute approximate surface area is 294 Å². The summed E-state index contributed by atoms with van der Waals surface area (Å²) in [4.78, 5) is 77.9. The molecule has 0 spiro atoms. The highest BCUT2D eigenvalue weighted by atomic mass is 16.6. The zero-order valence-electron chi connectivity index (χ0n) is 31.3. The number of ether oxygens (including phenoxy) is 3. The molecule has 15 nitrogen and oxygen atoms in total. The molecule has 278 valence electrons. The maximum atomic E-state index is 13.3. The third-order valence-electron chi connectivity index (χ3n) is 7.11. The predicted molar refractivity (Wildman–Crippen MR) is 188 cm³/mol. The van der Waals surface area contributed by atoms with Crippen LogP contribution in [0.1, 0.15) is 81.7 Å². The zero-order valence-corrected chi connectivity index (χ0v) is 31.3. The number of fused-ring (bicyclic) bond motifs is 1. The number of benzene rings is 1. The number of esters is 1. The van der Waals surface area contributed by atoms with Gasteiger partial charge in [0.1, 0.15) is 29.4 Å². The van der Waals surface area contributed by atoms with Gasteiger partial charge in [-0.2, -0.15) is 0 Å². The van der Waals surface area contributed by atoms with Crippen LogP contribution in [0.2, 0.25) is 0 Å². The lowest BCUT2D eigenvalue weighted by Gasteiger charge is -2.30. The molecule has 1 aromatic heterocycles. The van der Waals surface area contributed by atoms with Crippen LogP contribution in [-0.2, 0) is 35.0 Å². The minimum absolute atomic E-state index is 0.0253. The lowest BCUT2D eigenvalue weighted by molar-refractivity contribution is -0.157. The van der Waals surface area contributed by atoms with Crippen LogP contribution in [0.25, 0.3) is 10.9 Å². The number of nitrogens with one attached hydrogen (secondary N) is 4. The second-order valence-corrected chi connectivity index (χ2v) is 15.1. The van der Waals surface area contributed by atoms with Gasteiger partial charge < -0.3 is 40.4 Å². The molecule has 2 unspecified atom stereocenters. The zero-order chi connectivity index (χ0) is 38.2. The average molecular weight is 703 g/mol. The molecule has 0 fully saturated rings. The Morgan fingerprint density at radius 2 is 1.36 bits per heavy atom.